The zero-order valence-corrected chi connectivity index (χ0v) is 11.7. The molecule has 2 aromatic carbocycles. The average Bonchev–Trinajstić information content (AvgIpc) is 2.45. The highest BCUT2D eigenvalue weighted by atomic mass is 35.5. The Kier molecular flexibility index (Phi) is 3.43. The first kappa shape index (κ1) is 13.7. The molecule has 0 bridgehead atoms. The van der Waals surface area contributed by atoms with E-state index in [0.29, 0.717) is 16.4 Å². The SMILES string of the molecule is CNc1nc(-c2ccc(F)cc2F)nc2cc(Cl)ccc12. The molecule has 0 spiro atoms. The smallest absolute Gasteiger partial charge is 0.165 e. The number of halogens is 3. The van der Waals surface area contributed by atoms with Crippen molar-refractivity contribution in [2.75, 3.05) is 12.4 Å². The molecule has 0 saturated carbocycles. The van der Waals surface area contributed by atoms with Crippen LogP contribution in [0.2, 0.25) is 5.02 Å². The second kappa shape index (κ2) is 5.26. The molecule has 0 unspecified atom stereocenters. The second-order valence-electron chi connectivity index (χ2n) is 4.43. The third kappa shape index (κ3) is 2.52. The van der Waals surface area contributed by atoms with Gasteiger partial charge in [-0.25, -0.2) is 18.7 Å². The summed E-state index contributed by atoms with van der Waals surface area (Å²) < 4.78 is 26.9. The van der Waals surface area contributed by atoms with E-state index in [-0.39, 0.29) is 11.4 Å². The van der Waals surface area contributed by atoms with Crippen molar-refractivity contribution in [2.45, 2.75) is 0 Å². The van der Waals surface area contributed by atoms with Crippen LogP contribution in [0.25, 0.3) is 22.3 Å². The Morgan fingerprint density at radius 1 is 1.05 bits per heavy atom. The van der Waals surface area contributed by atoms with Crippen molar-refractivity contribution >= 4 is 28.3 Å². The van der Waals surface area contributed by atoms with Crippen molar-refractivity contribution < 1.29 is 8.78 Å². The number of fused-ring (bicyclic) bond motifs is 1. The summed E-state index contributed by atoms with van der Waals surface area (Å²) in [5, 5.41) is 4.23. The molecule has 0 fully saturated rings. The topological polar surface area (TPSA) is 37.8 Å². The van der Waals surface area contributed by atoms with E-state index >= 15 is 0 Å². The largest absolute Gasteiger partial charge is 0.373 e. The van der Waals surface area contributed by atoms with Gasteiger partial charge in [0, 0.05) is 23.5 Å². The van der Waals surface area contributed by atoms with Crippen LogP contribution in [0.3, 0.4) is 0 Å². The minimum atomic E-state index is -0.710. The van der Waals surface area contributed by atoms with Crippen molar-refractivity contribution in [3.63, 3.8) is 0 Å². The fraction of sp³-hybridized carbons (Fsp3) is 0.0667. The minimum absolute atomic E-state index is 0.134. The maximum absolute atomic E-state index is 13.9. The normalized spacial score (nSPS) is 10.9. The van der Waals surface area contributed by atoms with Crippen molar-refractivity contribution in [3.05, 3.63) is 53.1 Å². The van der Waals surface area contributed by atoms with Gasteiger partial charge in [-0.2, -0.15) is 0 Å². The molecule has 3 rings (SSSR count). The molecule has 0 aliphatic heterocycles. The molecule has 106 valence electrons. The van der Waals surface area contributed by atoms with Gasteiger partial charge in [-0.05, 0) is 30.3 Å². The van der Waals surface area contributed by atoms with Gasteiger partial charge in [-0.1, -0.05) is 11.6 Å². The van der Waals surface area contributed by atoms with Crippen molar-refractivity contribution in [1.29, 1.82) is 0 Å². The maximum Gasteiger partial charge on any atom is 0.165 e. The fourth-order valence-corrected chi connectivity index (χ4v) is 2.25. The molecule has 0 amide bonds. The first-order valence-electron chi connectivity index (χ1n) is 6.19. The standard InChI is InChI=1S/C15H10ClF2N3/c1-19-14-11-4-2-8(16)6-13(11)20-15(21-14)10-5-3-9(17)7-12(10)18/h2-7H,1H3,(H,19,20,21). The number of rotatable bonds is 2. The summed E-state index contributed by atoms with van der Waals surface area (Å²) in [6.07, 6.45) is 0. The third-order valence-corrected chi connectivity index (χ3v) is 3.30. The molecule has 1 heterocycles. The first-order valence-corrected chi connectivity index (χ1v) is 6.57. The van der Waals surface area contributed by atoms with Crippen molar-refractivity contribution in [1.82, 2.24) is 9.97 Å². The molecule has 6 heteroatoms. The van der Waals surface area contributed by atoms with Gasteiger partial charge in [0.1, 0.15) is 17.5 Å². The van der Waals surface area contributed by atoms with Crippen LogP contribution in [0.15, 0.2) is 36.4 Å². The van der Waals surface area contributed by atoms with Gasteiger partial charge < -0.3 is 5.32 Å². The van der Waals surface area contributed by atoms with Gasteiger partial charge >= 0.3 is 0 Å². The zero-order chi connectivity index (χ0) is 15.0. The monoisotopic (exact) mass is 305 g/mol. The van der Waals surface area contributed by atoms with Gasteiger partial charge in [0.15, 0.2) is 5.82 Å². The summed E-state index contributed by atoms with van der Waals surface area (Å²) in [5.74, 6) is -0.630. The van der Waals surface area contributed by atoms with Crippen molar-refractivity contribution in [2.24, 2.45) is 0 Å². The molecular weight excluding hydrogens is 296 g/mol. The van der Waals surface area contributed by atoms with E-state index < -0.39 is 11.6 Å². The van der Waals surface area contributed by atoms with Gasteiger partial charge in [0.25, 0.3) is 0 Å². The molecular formula is C15H10ClF2N3. The van der Waals surface area contributed by atoms with Crippen LogP contribution >= 0.6 is 11.6 Å². The van der Waals surface area contributed by atoms with Crippen LogP contribution in [0.5, 0.6) is 0 Å². The lowest BCUT2D eigenvalue weighted by atomic mass is 10.1. The predicted molar refractivity (Wildman–Crippen MR) is 79.4 cm³/mol. The minimum Gasteiger partial charge on any atom is -0.373 e. The van der Waals surface area contributed by atoms with Gasteiger partial charge in [-0.3, -0.25) is 0 Å². The lowest BCUT2D eigenvalue weighted by Gasteiger charge is -2.09. The van der Waals surface area contributed by atoms with E-state index in [4.69, 9.17) is 11.6 Å². The Bertz CT molecular complexity index is 837. The highest BCUT2D eigenvalue weighted by molar-refractivity contribution is 6.31. The molecule has 0 aliphatic carbocycles. The maximum atomic E-state index is 13.9. The molecule has 0 aliphatic rings. The van der Waals surface area contributed by atoms with Crippen molar-refractivity contribution in [3.8, 4) is 11.4 Å². The molecule has 0 radical (unpaired) electrons. The molecule has 1 N–H and O–H groups in total. The summed E-state index contributed by atoms with van der Waals surface area (Å²) in [5.41, 5.74) is 0.718. The Morgan fingerprint density at radius 3 is 2.57 bits per heavy atom. The van der Waals surface area contributed by atoms with Crippen LogP contribution in [0, 0.1) is 11.6 Å². The molecule has 21 heavy (non-hydrogen) atoms. The zero-order valence-electron chi connectivity index (χ0n) is 11.0. The number of nitrogens with one attached hydrogen (secondary N) is 1. The first-order chi connectivity index (χ1) is 10.1. The summed E-state index contributed by atoms with van der Waals surface area (Å²) in [6.45, 7) is 0. The molecule has 1 aromatic heterocycles. The highest BCUT2D eigenvalue weighted by Crippen LogP contribution is 2.28. The van der Waals surface area contributed by atoms with Crippen LogP contribution < -0.4 is 5.32 Å². The fourth-order valence-electron chi connectivity index (χ4n) is 2.08. The number of anilines is 1. The molecule has 3 nitrogen and oxygen atoms in total. The van der Waals surface area contributed by atoms with Crippen LogP contribution in [-0.4, -0.2) is 17.0 Å². The Balaban J connectivity index is 2.27. The van der Waals surface area contributed by atoms with E-state index in [1.807, 2.05) is 0 Å². The Hall–Kier alpha value is -2.27. The Labute approximate surface area is 124 Å². The Morgan fingerprint density at radius 2 is 1.86 bits per heavy atom. The van der Waals surface area contributed by atoms with E-state index in [1.54, 1.807) is 25.2 Å². The second-order valence-corrected chi connectivity index (χ2v) is 4.87. The summed E-state index contributed by atoms with van der Waals surface area (Å²) in [4.78, 5) is 8.59. The van der Waals surface area contributed by atoms with E-state index in [9.17, 15) is 8.78 Å². The number of benzene rings is 2. The lowest BCUT2D eigenvalue weighted by molar-refractivity contribution is 0.585. The van der Waals surface area contributed by atoms with E-state index in [1.165, 1.54) is 12.1 Å². The summed E-state index contributed by atoms with van der Waals surface area (Å²) >= 11 is 5.96. The number of hydrogen-bond donors (Lipinski definition) is 1. The molecule has 3 aromatic rings. The predicted octanol–water partition coefficient (Wildman–Crippen LogP) is 4.27. The van der Waals surface area contributed by atoms with Gasteiger partial charge in [-0.15, -0.1) is 0 Å². The van der Waals surface area contributed by atoms with Gasteiger partial charge in [0.2, 0.25) is 0 Å². The quantitative estimate of drug-likeness (QED) is 0.768. The number of hydrogen-bond acceptors (Lipinski definition) is 3. The summed E-state index contributed by atoms with van der Waals surface area (Å²) in [6, 6.07) is 8.48. The average molecular weight is 306 g/mol. The van der Waals surface area contributed by atoms with E-state index in [0.717, 1.165) is 11.5 Å². The number of aromatic nitrogens is 2. The number of nitrogens with zero attached hydrogens (tertiary/aromatic N) is 2. The van der Waals surface area contributed by atoms with Gasteiger partial charge in [0.05, 0.1) is 11.1 Å². The third-order valence-electron chi connectivity index (χ3n) is 3.07. The lowest BCUT2D eigenvalue weighted by Crippen LogP contribution is -2.00. The molecule has 0 saturated heterocycles. The van der Waals surface area contributed by atoms with Crippen LogP contribution in [0.1, 0.15) is 0 Å². The van der Waals surface area contributed by atoms with E-state index in [2.05, 4.69) is 15.3 Å². The molecule has 0 atom stereocenters. The highest BCUT2D eigenvalue weighted by Gasteiger charge is 2.13. The summed E-state index contributed by atoms with van der Waals surface area (Å²) in [7, 11) is 1.71. The van der Waals surface area contributed by atoms with Crippen LogP contribution in [-0.2, 0) is 0 Å². The van der Waals surface area contributed by atoms with Crippen LogP contribution in [0.4, 0.5) is 14.6 Å².